The fourth-order valence-corrected chi connectivity index (χ4v) is 6.34. The van der Waals surface area contributed by atoms with Crippen molar-refractivity contribution in [1.29, 1.82) is 0 Å². The minimum absolute atomic E-state index is 0.155. The fraction of sp³-hybridized carbons (Fsp3) is 0.281. The van der Waals surface area contributed by atoms with Crippen molar-refractivity contribution in [2.24, 2.45) is 17.8 Å². The maximum Gasteiger partial charge on any atom is 0.238 e. The summed E-state index contributed by atoms with van der Waals surface area (Å²) in [5, 5.41) is 20.0. The van der Waals surface area contributed by atoms with Gasteiger partial charge in [0.05, 0.1) is 42.5 Å². The van der Waals surface area contributed by atoms with E-state index in [0.29, 0.717) is 31.6 Å². The molecule has 7 nitrogen and oxygen atoms in total. The molecule has 0 saturated carbocycles. The monoisotopic (exact) mass is 522 g/mol. The summed E-state index contributed by atoms with van der Waals surface area (Å²) >= 11 is 0. The van der Waals surface area contributed by atoms with Gasteiger partial charge in [0.25, 0.3) is 0 Å². The number of ether oxygens (including phenoxy) is 1. The van der Waals surface area contributed by atoms with Crippen molar-refractivity contribution in [1.82, 2.24) is 4.98 Å². The SMILES string of the molecule is O=C1[C@@H]2[C@@H](CC(CO)=C3[C@@H](CC/C(=C/c4ccc(O)cc4)c4ccccn4)OC[C@@H]32)C(=O)N1c1ccccc1. The summed E-state index contributed by atoms with van der Waals surface area (Å²) in [4.78, 5) is 32.9. The molecule has 0 radical (unpaired) electrons. The van der Waals surface area contributed by atoms with E-state index in [1.807, 2.05) is 48.5 Å². The molecule has 3 aromatic rings. The number of phenolic OH excluding ortho intramolecular Hbond substituents is 1. The van der Waals surface area contributed by atoms with Gasteiger partial charge in [0.1, 0.15) is 5.75 Å². The summed E-state index contributed by atoms with van der Waals surface area (Å²) in [6, 6.07) is 21.9. The summed E-state index contributed by atoms with van der Waals surface area (Å²) < 4.78 is 6.29. The largest absolute Gasteiger partial charge is 0.508 e. The average Bonchev–Trinajstić information content (AvgIpc) is 3.50. The molecule has 2 aliphatic heterocycles. The zero-order valence-electron chi connectivity index (χ0n) is 21.4. The first-order valence-electron chi connectivity index (χ1n) is 13.3. The van der Waals surface area contributed by atoms with Crippen molar-refractivity contribution in [2.75, 3.05) is 18.1 Å². The Labute approximate surface area is 227 Å². The lowest BCUT2D eigenvalue weighted by Gasteiger charge is -2.31. The van der Waals surface area contributed by atoms with Gasteiger partial charge in [0.2, 0.25) is 11.8 Å². The van der Waals surface area contributed by atoms with E-state index in [-0.39, 0.29) is 36.2 Å². The van der Waals surface area contributed by atoms with Gasteiger partial charge in [-0.3, -0.25) is 19.5 Å². The lowest BCUT2D eigenvalue weighted by atomic mass is 9.69. The number of nitrogens with zero attached hydrogens (tertiary/aromatic N) is 2. The molecule has 2 saturated heterocycles. The van der Waals surface area contributed by atoms with Gasteiger partial charge in [0.15, 0.2) is 0 Å². The number of allylic oxidation sites excluding steroid dienone is 1. The third-order valence-corrected chi connectivity index (χ3v) is 8.12. The molecule has 39 heavy (non-hydrogen) atoms. The second-order valence-electron chi connectivity index (χ2n) is 10.3. The summed E-state index contributed by atoms with van der Waals surface area (Å²) in [6.45, 7) is 0.199. The molecule has 198 valence electrons. The Bertz CT molecular complexity index is 1430. The van der Waals surface area contributed by atoms with Gasteiger partial charge < -0.3 is 14.9 Å². The topological polar surface area (TPSA) is 100.0 Å². The number of carbonyl (C=O) groups is 2. The zero-order chi connectivity index (χ0) is 26.9. The third kappa shape index (κ3) is 4.68. The maximum absolute atomic E-state index is 13.6. The van der Waals surface area contributed by atoms with E-state index in [1.165, 1.54) is 4.90 Å². The maximum atomic E-state index is 13.6. The number of fused-ring (bicyclic) bond motifs is 3. The van der Waals surface area contributed by atoms with Gasteiger partial charge in [-0.15, -0.1) is 0 Å². The van der Waals surface area contributed by atoms with Crippen molar-refractivity contribution < 1.29 is 24.5 Å². The Balaban J connectivity index is 1.26. The number of imide groups is 1. The standard InChI is InChI=1S/C32H30N2O5/c35-18-22-17-25-30(32(38)34(31(25)37)23-6-2-1-3-7-23)26-19-39-28(29(22)26)14-11-21(27-8-4-5-15-33-27)16-20-9-12-24(36)13-10-20/h1-10,12-13,15-16,25-26,28,30,35-36H,11,14,17-19H2/b21-16-/t25-,26+,28-,30-/m1/s1. The molecule has 3 heterocycles. The number of rotatable bonds is 7. The second kappa shape index (κ2) is 10.6. The summed E-state index contributed by atoms with van der Waals surface area (Å²) in [6.07, 6.45) is 5.25. The number of aliphatic hydroxyl groups is 1. The van der Waals surface area contributed by atoms with Crippen LogP contribution >= 0.6 is 0 Å². The molecule has 1 aliphatic carbocycles. The third-order valence-electron chi connectivity index (χ3n) is 8.12. The normalized spacial score (nSPS) is 24.7. The number of benzene rings is 2. The van der Waals surface area contributed by atoms with E-state index < -0.39 is 11.8 Å². The number of phenols is 1. The molecule has 2 fully saturated rings. The van der Waals surface area contributed by atoms with Crippen LogP contribution in [-0.2, 0) is 14.3 Å². The minimum Gasteiger partial charge on any atom is -0.508 e. The van der Waals surface area contributed by atoms with Crippen molar-refractivity contribution in [2.45, 2.75) is 25.4 Å². The van der Waals surface area contributed by atoms with Crippen LogP contribution in [0.4, 0.5) is 5.69 Å². The summed E-state index contributed by atoms with van der Waals surface area (Å²) in [7, 11) is 0. The molecule has 1 aromatic heterocycles. The van der Waals surface area contributed by atoms with Gasteiger partial charge in [-0.05, 0) is 84.0 Å². The van der Waals surface area contributed by atoms with Crippen LogP contribution in [0.5, 0.6) is 5.75 Å². The van der Waals surface area contributed by atoms with E-state index >= 15 is 0 Å². The Hall–Kier alpha value is -4.07. The van der Waals surface area contributed by atoms with Gasteiger partial charge in [-0.1, -0.05) is 36.4 Å². The van der Waals surface area contributed by atoms with E-state index in [9.17, 15) is 19.8 Å². The Morgan fingerprint density at radius 3 is 2.46 bits per heavy atom. The van der Waals surface area contributed by atoms with Crippen LogP contribution in [0.15, 0.2) is 90.1 Å². The molecule has 0 bridgehead atoms. The zero-order valence-corrected chi connectivity index (χ0v) is 21.4. The molecule has 2 N–H and O–H groups in total. The minimum atomic E-state index is -0.477. The predicted octanol–water partition coefficient (Wildman–Crippen LogP) is 4.62. The lowest BCUT2D eigenvalue weighted by molar-refractivity contribution is -0.122. The first kappa shape index (κ1) is 25.2. The highest BCUT2D eigenvalue weighted by Gasteiger charge is 2.57. The molecule has 0 unspecified atom stereocenters. The molecule has 2 amide bonds. The lowest BCUT2D eigenvalue weighted by Crippen LogP contribution is -2.35. The van der Waals surface area contributed by atoms with Crippen LogP contribution in [0.1, 0.15) is 30.5 Å². The van der Waals surface area contributed by atoms with E-state index in [1.54, 1.807) is 30.5 Å². The van der Waals surface area contributed by atoms with Gasteiger partial charge in [0, 0.05) is 12.1 Å². The summed E-state index contributed by atoms with van der Waals surface area (Å²) in [5.41, 5.74) is 5.22. The van der Waals surface area contributed by atoms with Crippen molar-refractivity contribution in [3.63, 3.8) is 0 Å². The van der Waals surface area contributed by atoms with Gasteiger partial charge in [-0.2, -0.15) is 0 Å². The van der Waals surface area contributed by atoms with Crippen molar-refractivity contribution >= 4 is 29.2 Å². The smallest absolute Gasteiger partial charge is 0.238 e. The number of pyridine rings is 1. The van der Waals surface area contributed by atoms with Gasteiger partial charge >= 0.3 is 0 Å². The fourth-order valence-electron chi connectivity index (χ4n) is 6.34. The molecule has 6 rings (SSSR count). The van der Waals surface area contributed by atoms with Crippen molar-refractivity contribution in [3.05, 3.63) is 101 Å². The second-order valence-corrected chi connectivity index (χ2v) is 10.3. The number of hydrogen-bond donors (Lipinski definition) is 2. The number of para-hydroxylation sites is 1. The van der Waals surface area contributed by atoms with Crippen LogP contribution in [0.3, 0.4) is 0 Å². The number of anilines is 1. The number of carbonyl (C=O) groups excluding carboxylic acids is 2. The first-order valence-corrected chi connectivity index (χ1v) is 13.3. The molecule has 7 heteroatoms. The van der Waals surface area contributed by atoms with E-state index in [4.69, 9.17) is 4.74 Å². The van der Waals surface area contributed by atoms with Crippen LogP contribution < -0.4 is 4.90 Å². The Kier molecular flexibility index (Phi) is 6.85. The van der Waals surface area contributed by atoms with Crippen LogP contribution in [0.2, 0.25) is 0 Å². The van der Waals surface area contributed by atoms with Crippen LogP contribution in [0.25, 0.3) is 11.6 Å². The molecule has 3 aliphatic rings. The predicted molar refractivity (Wildman–Crippen MR) is 147 cm³/mol. The Morgan fingerprint density at radius 1 is 0.974 bits per heavy atom. The van der Waals surface area contributed by atoms with Crippen molar-refractivity contribution in [3.8, 4) is 5.75 Å². The molecular formula is C32H30N2O5. The number of hydrogen-bond acceptors (Lipinski definition) is 6. The number of aromatic nitrogens is 1. The highest BCUT2D eigenvalue weighted by Crippen LogP contribution is 2.50. The van der Waals surface area contributed by atoms with Gasteiger partial charge in [-0.25, -0.2) is 0 Å². The molecule has 2 aromatic carbocycles. The number of amides is 2. The van der Waals surface area contributed by atoms with Crippen LogP contribution in [-0.4, -0.2) is 46.3 Å². The highest BCUT2D eigenvalue weighted by molar-refractivity contribution is 6.22. The van der Waals surface area contributed by atoms with E-state index in [0.717, 1.165) is 28.0 Å². The van der Waals surface area contributed by atoms with E-state index in [2.05, 4.69) is 11.1 Å². The quantitative estimate of drug-likeness (QED) is 0.347. The summed E-state index contributed by atoms with van der Waals surface area (Å²) in [5.74, 6) is -1.34. The first-order chi connectivity index (χ1) is 19.0. The number of aliphatic hydroxyl groups excluding tert-OH is 1. The highest BCUT2D eigenvalue weighted by atomic mass is 16.5. The average molecular weight is 523 g/mol. The molecule has 4 atom stereocenters. The Morgan fingerprint density at radius 2 is 1.74 bits per heavy atom. The number of aromatic hydroxyl groups is 1. The van der Waals surface area contributed by atoms with Crippen LogP contribution in [0, 0.1) is 17.8 Å². The molecule has 0 spiro atoms. The molecular weight excluding hydrogens is 492 g/mol.